The van der Waals surface area contributed by atoms with Crippen molar-refractivity contribution in [3.8, 4) is 17.0 Å². The summed E-state index contributed by atoms with van der Waals surface area (Å²) in [6, 6.07) is 22.8. The summed E-state index contributed by atoms with van der Waals surface area (Å²) < 4.78 is 11.5. The molecule has 3 aromatic carbocycles. The summed E-state index contributed by atoms with van der Waals surface area (Å²) in [5.74, 6) is 0.684. The van der Waals surface area contributed by atoms with Gasteiger partial charge in [-0.25, -0.2) is 0 Å². The van der Waals surface area contributed by atoms with Gasteiger partial charge >= 0.3 is 0 Å². The van der Waals surface area contributed by atoms with Crippen LogP contribution in [-0.4, -0.2) is 65.3 Å². The van der Waals surface area contributed by atoms with Crippen molar-refractivity contribution >= 4 is 29.1 Å². The van der Waals surface area contributed by atoms with E-state index in [2.05, 4.69) is 15.1 Å². The summed E-state index contributed by atoms with van der Waals surface area (Å²) in [5.41, 5.74) is 5.00. The van der Waals surface area contributed by atoms with Crippen LogP contribution in [0.5, 0.6) is 5.75 Å². The molecule has 1 atom stereocenters. The molecule has 200 valence electrons. The van der Waals surface area contributed by atoms with Gasteiger partial charge in [0.05, 0.1) is 24.9 Å². The molecule has 0 bridgehead atoms. The zero-order valence-electron chi connectivity index (χ0n) is 21.3. The number of halogens is 2. The van der Waals surface area contributed by atoms with Crippen LogP contribution in [0, 0.1) is 0 Å². The summed E-state index contributed by atoms with van der Waals surface area (Å²) in [7, 11) is 0. The Morgan fingerprint density at radius 1 is 0.949 bits per heavy atom. The number of ether oxygens (including phenoxy) is 2. The molecule has 0 spiro atoms. The zero-order valence-corrected chi connectivity index (χ0v) is 22.8. The van der Waals surface area contributed by atoms with Gasteiger partial charge in [-0.1, -0.05) is 65.7 Å². The molecular weight excluding hydrogens is 535 g/mol. The van der Waals surface area contributed by atoms with Gasteiger partial charge in [0.15, 0.2) is 0 Å². The first-order valence-electron chi connectivity index (χ1n) is 13.0. The number of carbonyl (C=O) groups excluding carboxylic acids is 1. The maximum atomic E-state index is 13.7. The molecule has 4 aromatic rings. The van der Waals surface area contributed by atoms with E-state index in [1.54, 1.807) is 0 Å². The lowest BCUT2D eigenvalue weighted by Gasteiger charge is -2.31. The molecule has 2 aliphatic heterocycles. The number of nitrogens with one attached hydrogen (secondary N) is 1. The third-order valence-electron chi connectivity index (χ3n) is 7.29. The van der Waals surface area contributed by atoms with Gasteiger partial charge < -0.3 is 14.4 Å². The SMILES string of the molecule is O=C1c2[nH]nc(-c3ccc(Cl)cc3)c2C(c2ccc(OCc3ccccc3Cl)cc2)N1CCN1CCOCC1. The molecule has 1 saturated heterocycles. The highest BCUT2D eigenvalue weighted by atomic mass is 35.5. The molecule has 1 amide bonds. The Labute approximate surface area is 237 Å². The second-order valence-corrected chi connectivity index (χ2v) is 10.5. The van der Waals surface area contributed by atoms with Gasteiger partial charge in [0.25, 0.3) is 5.91 Å². The molecule has 2 aliphatic rings. The first kappa shape index (κ1) is 25.9. The fourth-order valence-corrected chi connectivity index (χ4v) is 5.51. The Balaban J connectivity index is 1.29. The number of aromatic amines is 1. The number of fused-ring (bicyclic) bond motifs is 1. The van der Waals surface area contributed by atoms with Gasteiger partial charge in [0, 0.05) is 52.9 Å². The van der Waals surface area contributed by atoms with Gasteiger partial charge in [0.1, 0.15) is 18.1 Å². The fraction of sp³-hybridized carbons (Fsp3) is 0.267. The number of rotatable bonds is 8. The van der Waals surface area contributed by atoms with Gasteiger partial charge in [-0.15, -0.1) is 0 Å². The number of morpholine rings is 1. The summed E-state index contributed by atoms with van der Waals surface area (Å²) >= 11 is 12.4. The van der Waals surface area contributed by atoms with E-state index in [0.717, 1.165) is 66.5 Å². The van der Waals surface area contributed by atoms with Gasteiger partial charge in [0.2, 0.25) is 0 Å². The van der Waals surface area contributed by atoms with Crippen LogP contribution in [0.1, 0.15) is 33.2 Å². The van der Waals surface area contributed by atoms with E-state index in [0.29, 0.717) is 28.9 Å². The van der Waals surface area contributed by atoms with E-state index in [1.807, 2.05) is 77.7 Å². The number of H-pyrrole nitrogens is 1. The Morgan fingerprint density at radius 2 is 1.69 bits per heavy atom. The lowest BCUT2D eigenvalue weighted by Crippen LogP contribution is -2.42. The third-order valence-corrected chi connectivity index (χ3v) is 7.91. The molecule has 1 fully saturated rings. The van der Waals surface area contributed by atoms with E-state index in [4.69, 9.17) is 32.7 Å². The van der Waals surface area contributed by atoms with E-state index in [9.17, 15) is 4.79 Å². The average molecular weight is 563 g/mol. The minimum atomic E-state index is -0.282. The quantitative estimate of drug-likeness (QED) is 0.292. The van der Waals surface area contributed by atoms with Crippen molar-refractivity contribution in [1.82, 2.24) is 20.0 Å². The van der Waals surface area contributed by atoms with Gasteiger partial charge in [-0.05, 0) is 35.9 Å². The van der Waals surface area contributed by atoms with Gasteiger partial charge in [-0.2, -0.15) is 5.10 Å². The smallest absolute Gasteiger partial charge is 0.273 e. The molecule has 9 heteroatoms. The Morgan fingerprint density at radius 3 is 2.44 bits per heavy atom. The summed E-state index contributed by atoms with van der Waals surface area (Å²) in [6.07, 6.45) is 0. The first-order chi connectivity index (χ1) is 19.1. The van der Waals surface area contributed by atoms with E-state index in [1.165, 1.54) is 0 Å². The molecule has 3 heterocycles. The largest absolute Gasteiger partial charge is 0.489 e. The van der Waals surface area contributed by atoms with E-state index < -0.39 is 0 Å². The van der Waals surface area contributed by atoms with Crippen molar-refractivity contribution in [3.63, 3.8) is 0 Å². The zero-order chi connectivity index (χ0) is 26.8. The molecule has 0 radical (unpaired) electrons. The van der Waals surface area contributed by atoms with Crippen LogP contribution in [0.2, 0.25) is 10.0 Å². The summed E-state index contributed by atoms with van der Waals surface area (Å²) in [6.45, 7) is 4.92. The fourth-order valence-electron chi connectivity index (χ4n) is 5.20. The highest BCUT2D eigenvalue weighted by Crippen LogP contribution is 2.43. The number of amides is 1. The molecule has 1 unspecified atom stereocenters. The van der Waals surface area contributed by atoms with E-state index in [-0.39, 0.29) is 11.9 Å². The maximum absolute atomic E-state index is 13.7. The third kappa shape index (κ3) is 5.40. The topological polar surface area (TPSA) is 70.7 Å². The molecule has 1 aromatic heterocycles. The van der Waals surface area contributed by atoms with Crippen molar-refractivity contribution in [2.24, 2.45) is 0 Å². The number of hydrogen-bond donors (Lipinski definition) is 1. The predicted molar refractivity (Wildman–Crippen MR) is 151 cm³/mol. The second kappa shape index (κ2) is 11.4. The van der Waals surface area contributed by atoms with Crippen LogP contribution >= 0.6 is 23.2 Å². The predicted octanol–water partition coefficient (Wildman–Crippen LogP) is 5.84. The second-order valence-electron chi connectivity index (χ2n) is 9.67. The minimum Gasteiger partial charge on any atom is -0.489 e. The molecule has 39 heavy (non-hydrogen) atoms. The van der Waals surface area contributed by atoms with Crippen molar-refractivity contribution in [1.29, 1.82) is 0 Å². The van der Waals surface area contributed by atoms with E-state index >= 15 is 0 Å². The molecular formula is C30H28Cl2N4O3. The Kier molecular flexibility index (Phi) is 7.57. The number of hydrogen-bond acceptors (Lipinski definition) is 5. The molecule has 6 rings (SSSR count). The number of benzene rings is 3. The Hall–Kier alpha value is -3.36. The standard InChI is InChI=1S/C30H28Cl2N4O3/c31-23-9-5-20(6-10-23)27-26-28(34-33-27)30(37)36(14-13-35-15-17-38-18-16-35)29(26)21-7-11-24(12-8-21)39-19-22-3-1-2-4-25(22)32/h1-12,29H,13-19H2,(H,33,34). The average Bonchev–Trinajstić information content (AvgIpc) is 3.51. The number of aromatic nitrogens is 2. The van der Waals surface area contributed by atoms with Crippen LogP contribution < -0.4 is 4.74 Å². The number of carbonyl (C=O) groups is 1. The highest BCUT2D eigenvalue weighted by Gasteiger charge is 2.42. The monoisotopic (exact) mass is 562 g/mol. The summed E-state index contributed by atoms with van der Waals surface area (Å²) in [4.78, 5) is 17.9. The molecule has 0 saturated carbocycles. The molecule has 1 N–H and O–H groups in total. The number of nitrogens with zero attached hydrogens (tertiary/aromatic N) is 3. The van der Waals surface area contributed by atoms with Crippen molar-refractivity contribution in [2.75, 3.05) is 39.4 Å². The minimum absolute atomic E-state index is 0.0463. The first-order valence-corrected chi connectivity index (χ1v) is 13.8. The van der Waals surface area contributed by atoms with Crippen molar-refractivity contribution in [3.05, 3.63) is 105 Å². The summed E-state index contributed by atoms with van der Waals surface area (Å²) in [5, 5.41) is 8.91. The van der Waals surface area contributed by atoms with Crippen LogP contribution in [0.4, 0.5) is 0 Å². The van der Waals surface area contributed by atoms with Crippen LogP contribution in [-0.2, 0) is 11.3 Å². The molecule has 7 nitrogen and oxygen atoms in total. The Bertz CT molecular complexity index is 1450. The highest BCUT2D eigenvalue weighted by molar-refractivity contribution is 6.31. The van der Waals surface area contributed by atoms with Crippen molar-refractivity contribution in [2.45, 2.75) is 12.6 Å². The van der Waals surface area contributed by atoms with Crippen LogP contribution in [0.15, 0.2) is 72.8 Å². The lowest BCUT2D eigenvalue weighted by molar-refractivity contribution is 0.0316. The normalized spacial score (nSPS) is 17.4. The maximum Gasteiger partial charge on any atom is 0.273 e. The van der Waals surface area contributed by atoms with Gasteiger partial charge in [-0.3, -0.25) is 14.8 Å². The van der Waals surface area contributed by atoms with Crippen molar-refractivity contribution < 1.29 is 14.3 Å². The molecule has 0 aliphatic carbocycles. The lowest BCUT2D eigenvalue weighted by atomic mass is 9.96. The van der Waals surface area contributed by atoms with Crippen LogP contribution in [0.25, 0.3) is 11.3 Å². The van der Waals surface area contributed by atoms with Crippen LogP contribution in [0.3, 0.4) is 0 Å².